The number of Topliss-reactive ketones (excluding diaryl/α,β-unsaturated/α-hetero) is 1. The Labute approximate surface area is 242 Å². The van der Waals surface area contributed by atoms with Crippen molar-refractivity contribution in [1.82, 2.24) is 20.4 Å². The van der Waals surface area contributed by atoms with Crippen molar-refractivity contribution >= 4 is 23.8 Å². The second-order valence-electron chi connectivity index (χ2n) is 11.0. The van der Waals surface area contributed by atoms with Crippen LogP contribution in [-0.4, -0.2) is 66.9 Å². The van der Waals surface area contributed by atoms with Crippen LogP contribution >= 0.6 is 0 Å². The van der Waals surface area contributed by atoms with Gasteiger partial charge in [-0.3, -0.25) is 4.79 Å². The lowest BCUT2D eigenvalue weighted by atomic mass is 9.64. The molecule has 2 heterocycles. The number of hydrogen-bond donors (Lipinski definition) is 2. The highest BCUT2D eigenvalue weighted by molar-refractivity contribution is 6.01. The summed E-state index contributed by atoms with van der Waals surface area (Å²) in [5, 5.41) is 5.20. The van der Waals surface area contributed by atoms with Crippen LogP contribution < -0.4 is 10.6 Å². The van der Waals surface area contributed by atoms with E-state index in [2.05, 4.69) is 27.7 Å². The number of imide groups is 1. The Morgan fingerprint density at radius 2 is 1.81 bits per heavy atom. The molecule has 5 rings (SSSR count). The van der Waals surface area contributed by atoms with Crippen LogP contribution in [0.2, 0.25) is 0 Å². The Bertz CT molecular complexity index is 1450. The molecule has 1 unspecified atom stereocenters. The number of nitrogens with one attached hydrogen (secondary N) is 2. The molecular weight excluding hydrogens is 546 g/mol. The largest absolute Gasteiger partial charge is 0.466 e. The van der Waals surface area contributed by atoms with Crippen molar-refractivity contribution in [1.29, 1.82) is 0 Å². The summed E-state index contributed by atoms with van der Waals surface area (Å²) in [4.78, 5) is 54.9. The number of ether oxygens (including phenoxy) is 1. The molecule has 9 nitrogen and oxygen atoms in total. The summed E-state index contributed by atoms with van der Waals surface area (Å²) in [6.07, 6.45) is 3.45. The third-order valence-corrected chi connectivity index (χ3v) is 8.66. The normalized spacial score (nSPS) is 20.3. The molecule has 42 heavy (non-hydrogen) atoms. The topological polar surface area (TPSA) is 108 Å². The second-order valence-corrected chi connectivity index (χ2v) is 11.0. The Balaban J connectivity index is 1.22. The second kappa shape index (κ2) is 12.0. The Morgan fingerprint density at radius 1 is 1.07 bits per heavy atom. The summed E-state index contributed by atoms with van der Waals surface area (Å²) in [7, 11) is 1.15. The van der Waals surface area contributed by atoms with Crippen LogP contribution in [0.4, 0.5) is 18.4 Å². The molecule has 0 radical (unpaired) electrons. The van der Waals surface area contributed by atoms with Gasteiger partial charge in [-0.05, 0) is 81.1 Å². The number of hydrogen-bond acceptors (Lipinski definition) is 6. The van der Waals surface area contributed by atoms with E-state index < -0.39 is 41.1 Å². The first kappa shape index (κ1) is 29.4. The van der Waals surface area contributed by atoms with Crippen LogP contribution in [0.1, 0.15) is 55.3 Å². The summed E-state index contributed by atoms with van der Waals surface area (Å²) < 4.78 is 32.7. The number of amides is 4. The van der Waals surface area contributed by atoms with Crippen LogP contribution in [0, 0.1) is 11.6 Å². The minimum atomic E-state index is -1.32. The number of benzene rings is 2. The van der Waals surface area contributed by atoms with Gasteiger partial charge in [0.2, 0.25) is 0 Å². The number of fused-ring (bicyclic) bond motifs is 2. The van der Waals surface area contributed by atoms with Crippen LogP contribution in [-0.2, 0) is 26.2 Å². The highest BCUT2D eigenvalue weighted by atomic mass is 19.2. The van der Waals surface area contributed by atoms with Crippen LogP contribution in [0.15, 0.2) is 53.7 Å². The van der Waals surface area contributed by atoms with Crippen molar-refractivity contribution in [3.8, 4) is 0 Å². The molecule has 222 valence electrons. The molecular formula is C31H34F2N4O5. The number of esters is 1. The van der Waals surface area contributed by atoms with Gasteiger partial charge in [0.15, 0.2) is 11.6 Å². The number of ketones is 1. The van der Waals surface area contributed by atoms with E-state index in [1.165, 1.54) is 24.1 Å². The van der Waals surface area contributed by atoms with E-state index in [1.807, 2.05) is 12.1 Å². The number of carbonyl (C=O) groups is 4. The Kier molecular flexibility index (Phi) is 8.40. The predicted octanol–water partition coefficient (Wildman–Crippen LogP) is 4.13. The molecule has 1 fully saturated rings. The lowest BCUT2D eigenvalue weighted by Gasteiger charge is -2.44. The zero-order chi connectivity index (χ0) is 30.0. The summed E-state index contributed by atoms with van der Waals surface area (Å²) in [6.45, 7) is 3.89. The molecule has 1 atom stereocenters. The van der Waals surface area contributed by atoms with Crippen molar-refractivity contribution < 1.29 is 32.7 Å². The average Bonchev–Trinajstić information content (AvgIpc) is 2.98. The fourth-order valence-corrected chi connectivity index (χ4v) is 6.45. The van der Waals surface area contributed by atoms with E-state index in [1.54, 1.807) is 0 Å². The van der Waals surface area contributed by atoms with Gasteiger partial charge in [0.05, 0.1) is 18.1 Å². The number of aryl methyl sites for hydroxylation is 1. The molecule has 4 amide bonds. The maximum absolute atomic E-state index is 14.2. The highest BCUT2D eigenvalue weighted by Crippen LogP contribution is 2.42. The zero-order valence-corrected chi connectivity index (χ0v) is 23.7. The maximum atomic E-state index is 14.2. The number of carbonyl (C=O) groups excluding carboxylic acids is 4. The Hall–Kier alpha value is -4.12. The summed E-state index contributed by atoms with van der Waals surface area (Å²) >= 11 is 0. The van der Waals surface area contributed by atoms with Gasteiger partial charge in [0, 0.05) is 18.7 Å². The molecule has 0 saturated carbocycles. The molecule has 1 saturated heterocycles. The number of likely N-dealkylation sites (tertiary alicyclic amines) is 1. The summed E-state index contributed by atoms with van der Waals surface area (Å²) in [5.41, 5.74) is 2.13. The molecule has 1 aliphatic carbocycles. The number of rotatable bonds is 6. The van der Waals surface area contributed by atoms with Crippen molar-refractivity contribution in [3.63, 3.8) is 0 Å². The molecule has 3 aliphatic rings. The zero-order valence-electron chi connectivity index (χ0n) is 23.7. The van der Waals surface area contributed by atoms with E-state index >= 15 is 0 Å². The monoisotopic (exact) mass is 580 g/mol. The average molecular weight is 581 g/mol. The lowest BCUT2D eigenvalue weighted by Crippen LogP contribution is -2.54. The maximum Gasteiger partial charge on any atom is 0.337 e. The number of piperidine rings is 1. The minimum Gasteiger partial charge on any atom is -0.466 e. The number of nitrogens with zero attached hydrogens (tertiary/aromatic N) is 2. The van der Waals surface area contributed by atoms with Crippen LogP contribution in [0.25, 0.3) is 0 Å². The van der Waals surface area contributed by atoms with Gasteiger partial charge in [-0.15, -0.1) is 0 Å². The SMILES string of the molecule is COC(=O)C1=C(C)NC(=O)N(C(=O)NCCCN2CCC3(CC2)C(=O)CCc2ccccc23)C1c1ccc(F)c(F)c1. The minimum absolute atomic E-state index is 0.0414. The van der Waals surface area contributed by atoms with Crippen LogP contribution in [0.5, 0.6) is 0 Å². The standard InChI is InChI=1S/C31H34F2N4O5/c1-19-26(28(39)42-2)27(21-8-10-23(32)24(33)18-21)37(30(41)35-19)29(40)34-14-5-15-36-16-12-31(13-17-36)22-7-4-3-6-20(22)9-11-25(31)38/h3-4,6-8,10,18,27H,5,9,11-17H2,1-2H3,(H,34,40)(H,35,41). The van der Waals surface area contributed by atoms with Gasteiger partial charge >= 0.3 is 18.0 Å². The molecule has 1 spiro atoms. The first-order chi connectivity index (χ1) is 20.2. The fraction of sp³-hybridized carbons (Fsp3) is 0.419. The van der Waals surface area contributed by atoms with Gasteiger partial charge in [0.1, 0.15) is 11.8 Å². The van der Waals surface area contributed by atoms with Gasteiger partial charge in [-0.1, -0.05) is 30.3 Å². The molecule has 0 bridgehead atoms. The van der Waals surface area contributed by atoms with E-state index in [0.717, 1.165) is 56.5 Å². The summed E-state index contributed by atoms with van der Waals surface area (Å²) in [5.74, 6) is -2.78. The van der Waals surface area contributed by atoms with Crippen LogP contribution in [0.3, 0.4) is 0 Å². The van der Waals surface area contributed by atoms with Gasteiger partial charge < -0.3 is 20.3 Å². The van der Waals surface area contributed by atoms with Gasteiger partial charge in [-0.25, -0.2) is 28.1 Å². The number of halogens is 2. The third-order valence-electron chi connectivity index (χ3n) is 8.66. The lowest BCUT2D eigenvalue weighted by molar-refractivity contribution is -0.137. The first-order valence-electron chi connectivity index (χ1n) is 14.1. The van der Waals surface area contributed by atoms with Crippen molar-refractivity contribution in [2.24, 2.45) is 0 Å². The number of methoxy groups -OCH3 is 1. The quantitative estimate of drug-likeness (QED) is 0.393. The number of allylic oxidation sites excluding steroid dienone is 1. The molecule has 0 aromatic heterocycles. The fourth-order valence-electron chi connectivity index (χ4n) is 6.45. The molecule has 11 heteroatoms. The first-order valence-corrected chi connectivity index (χ1v) is 14.1. The molecule has 2 N–H and O–H groups in total. The van der Waals surface area contributed by atoms with Gasteiger partial charge in [-0.2, -0.15) is 0 Å². The van der Waals surface area contributed by atoms with Crippen molar-refractivity contribution in [2.75, 3.05) is 33.3 Å². The molecule has 2 aromatic carbocycles. The highest BCUT2D eigenvalue weighted by Gasteiger charge is 2.45. The van der Waals surface area contributed by atoms with Crippen molar-refractivity contribution in [3.05, 3.63) is 82.1 Å². The summed E-state index contributed by atoms with van der Waals surface area (Å²) in [6, 6.07) is 8.24. The molecule has 2 aliphatic heterocycles. The van der Waals surface area contributed by atoms with E-state index in [0.29, 0.717) is 25.2 Å². The Morgan fingerprint density at radius 3 is 2.52 bits per heavy atom. The smallest absolute Gasteiger partial charge is 0.337 e. The van der Waals surface area contributed by atoms with Gasteiger partial charge in [0.25, 0.3) is 0 Å². The molecule has 2 aromatic rings. The number of urea groups is 2. The van der Waals surface area contributed by atoms with Crippen molar-refractivity contribution in [2.45, 2.75) is 50.5 Å². The third kappa shape index (κ3) is 5.40. The van der Waals surface area contributed by atoms with E-state index in [4.69, 9.17) is 4.74 Å². The predicted molar refractivity (Wildman–Crippen MR) is 149 cm³/mol. The van der Waals surface area contributed by atoms with E-state index in [-0.39, 0.29) is 23.4 Å². The van der Waals surface area contributed by atoms with E-state index in [9.17, 15) is 28.0 Å².